The minimum absolute atomic E-state index is 0.206. The molecule has 4 aromatic rings. The van der Waals surface area contributed by atoms with Gasteiger partial charge >= 0.3 is 0 Å². The molecule has 4 rings (SSSR count). The average molecular weight is 439 g/mol. The van der Waals surface area contributed by atoms with Gasteiger partial charge in [0.05, 0.1) is 26.4 Å². The van der Waals surface area contributed by atoms with Crippen LogP contribution in [0, 0.1) is 6.92 Å². The molecular weight excluding hydrogens is 408 g/mol. The lowest BCUT2D eigenvalue weighted by atomic mass is 10.0. The zero-order chi connectivity index (χ0) is 22.7. The van der Waals surface area contributed by atoms with Gasteiger partial charge in [0.25, 0.3) is 0 Å². The van der Waals surface area contributed by atoms with Crippen LogP contribution in [0.1, 0.15) is 16.7 Å². The number of ether oxygens (including phenoxy) is 3. The number of hydrogen-bond acceptors (Lipinski definition) is 3. The highest BCUT2D eigenvalue weighted by molar-refractivity contribution is 5.64. The SMILES string of the molecule is Cc1ccc(-c2ccc(OC(COCc3ccccc3)COCc3ccccc3)cc2)cc1. The molecule has 0 bridgehead atoms. The molecule has 0 aliphatic rings. The summed E-state index contributed by atoms with van der Waals surface area (Å²) in [6, 6.07) is 37.1. The fourth-order valence-corrected chi connectivity index (χ4v) is 3.55. The molecule has 0 aliphatic heterocycles. The first kappa shape index (κ1) is 22.8. The highest BCUT2D eigenvalue weighted by atomic mass is 16.6. The van der Waals surface area contributed by atoms with E-state index >= 15 is 0 Å². The van der Waals surface area contributed by atoms with Crippen LogP contribution in [-0.2, 0) is 22.7 Å². The Balaban J connectivity index is 1.36. The van der Waals surface area contributed by atoms with Gasteiger partial charge in [0.2, 0.25) is 0 Å². The Morgan fingerprint density at radius 3 is 1.48 bits per heavy atom. The molecule has 0 radical (unpaired) electrons. The third kappa shape index (κ3) is 7.31. The normalized spacial score (nSPS) is 11.0. The topological polar surface area (TPSA) is 27.7 Å². The summed E-state index contributed by atoms with van der Waals surface area (Å²) in [5, 5.41) is 0. The summed E-state index contributed by atoms with van der Waals surface area (Å²) in [4.78, 5) is 0. The summed E-state index contributed by atoms with van der Waals surface area (Å²) in [7, 11) is 0. The van der Waals surface area contributed by atoms with Gasteiger partial charge in [-0.15, -0.1) is 0 Å². The van der Waals surface area contributed by atoms with E-state index in [0.717, 1.165) is 16.9 Å². The van der Waals surface area contributed by atoms with Crippen LogP contribution in [0.3, 0.4) is 0 Å². The fourth-order valence-electron chi connectivity index (χ4n) is 3.55. The van der Waals surface area contributed by atoms with E-state index in [0.29, 0.717) is 26.4 Å². The van der Waals surface area contributed by atoms with Gasteiger partial charge in [-0.25, -0.2) is 0 Å². The molecular formula is C30H30O3. The minimum Gasteiger partial charge on any atom is -0.486 e. The average Bonchev–Trinajstić information content (AvgIpc) is 2.86. The molecule has 0 spiro atoms. The van der Waals surface area contributed by atoms with Crippen LogP contribution in [0.5, 0.6) is 5.75 Å². The summed E-state index contributed by atoms with van der Waals surface area (Å²) in [6.45, 7) is 4.09. The maximum absolute atomic E-state index is 6.25. The number of aryl methyl sites for hydroxylation is 1. The summed E-state index contributed by atoms with van der Waals surface area (Å²) < 4.78 is 18.2. The van der Waals surface area contributed by atoms with Crippen molar-refractivity contribution in [3.05, 3.63) is 126 Å². The van der Waals surface area contributed by atoms with Crippen molar-refractivity contribution in [3.8, 4) is 16.9 Å². The molecule has 0 unspecified atom stereocenters. The molecule has 0 N–H and O–H groups in total. The number of benzene rings is 4. The molecule has 0 aliphatic carbocycles. The molecule has 3 heteroatoms. The first-order valence-electron chi connectivity index (χ1n) is 11.3. The van der Waals surface area contributed by atoms with E-state index in [4.69, 9.17) is 14.2 Å². The quantitative estimate of drug-likeness (QED) is 0.256. The Morgan fingerprint density at radius 1 is 0.545 bits per heavy atom. The number of rotatable bonds is 11. The van der Waals surface area contributed by atoms with Crippen LogP contribution < -0.4 is 4.74 Å². The second-order valence-electron chi connectivity index (χ2n) is 8.13. The van der Waals surface area contributed by atoms with Gasteiger partial charge in [0, 0.05) is 0 Å². The first-order valence-corrected chi connectivity index (χ1v) is 11.3. The standard InChI is InChI=1S/C30H30O3/c1-24-12-14-27(15-13-24)28-16-18-29(19-17-28)33-30(22-31-20-25-8-4-2-5-9-25)23-32-21-26-10-6-3-7-11-26/h2-19,30H,20-23H2,1H3. The maximum atomic E-state index is 6.25. The van der Waals surface area contributed by atoms with Crippen LogP contribution in [0.4, 0.5) is 0 Å². The van der Waals surface area contributed by atoms with E-state index in [-0.39, 0.29) is 6.10 Å². The van der Waals surface area contributed by atoms with Crippen LogP contribution >= 0.6 is 0 Å². The molecule has 0 saturated heterocycles. The van der Waals surface area contributed by atoms with Gasteiger partial charge in [-0.2, -0.15) is 0 Å². The van der Waals surface area contributed by atoms with E-state index in [1.54, 1.807) is 0 Å². The van der Waals surface area contributed by atoms with Crippen LogP contribution in [0.2, 0.25) is 0 Å². The molecule has 4 aromatic carbocycles. The van der Waals surface area contributed by atoms with Crippen molar-refractivity contribution in [2.75, 3.05) is 13.2 Å². The van der Waals surface area contributed by atoms with Gasteiger partial charge in [-0.3, -0.25) is 0 Å². The monoisotopic (exact) mass is 438 g/mol. The van der Waals surface area contributed by atoms with Crippen LogP contribution in [-0.4, -0.2) is 19.3 Å². The lowest BCUT2D eigenvalue weighted by Crippen LogP contribution is -2.28. The zero-order valence-electron chi connectivity index (χ0n) is 19.0. The van der Waals surface area contributed by atoms with Gasteiger partial charge in [-0.05, 0) is 41.3 Å². The minimum atomic E-state index is -0.206. The van der Waals surface area contributed by atoms with Gasteiger partial charge < -0.3 is 14.2 Å². The molecule has 0 amide bonds. The lowest BCUT2D eigenvalue weighted by molar-refractivity contribution is -0.0157. The maximum Gasteiger partial charge on any atom is 0.145 e. The van der Waals surface area contributed by atoms with Crippen molar-refractivity contribution in [1.82, 2.24) is 0 Å². The second kappa shape index (κ2) is 12.0. The van der Waals surface area contributed by atoms with Crippen molar-refractivity contribution in [1.29, 1.82) is 0 Å². The Bertz CT molecular complexity index is 1030. The molecule has 3 nitrogen and oxygen atoms in total. The van der Waals surface area contributed by atoms with Gasteiger partial charge in [0.1, 0.15) is 11.9 Å². The molecule has 0 atom stereocenters. The van der Waals surface area contributed by atoms with E-state index in [2.05, 4.69) is 67.6 Å². The summed E-state index contributed by atoms with van der Waals surface area (Å²) in [6.07, 6.45) is -0.206. The molecule has 0 heterocycles. The number of hydrogen-bond donors (Lipinski definition) is 0. The second-order valence-corrected chi connectivity index (χ2v) is 8.13. The van der Waals surface area contributed by atoms with Crippen molar-refractivity contribution < 1.29 is 14.2 Å². The molecule has 33 heavy (non-hydrogen) atoms. The first-order chi connectivity index (χ1) is 16.3. The van der Waals surface area contributed by atoms with Crippen molar-refractivity contribution in [3.63, 3.8) is 0 Å². The summed E-state index contributed by atoms with van der Waals surface area (Å²) in [5.41, 5.74) is 5.90. The van der Waals surface area contributed by atoms with Crippen LogP contribution in [0.25, 0.3) is 11.1 Å². The predicted molar refractivity (Wildman–Crippen MR) is 133 cm³/mol. The van der Waals surface area contributed by atoms with Gasteiger partial charge in [0.15, 0.2) is 0 Å². The molecule has 0 aromatic heterocycles. The van der Waals surface area contributed by atoms with Crippen molar-refractivity contribution in [2.45, 2.75) is 26.2 Å². The Labute approximate surface area is 196 Å². The highest BCUT2D eigenvalue weighted by Crippen LogP contribution is 2.23. The fraction of sp³-hybridized carbons (Fsp3) is 0.200. The Hall–Kier alpha value is -3.40. The van der Waals surface area contributed by atoms with Crippen LogP contribution in [0.15, 0.2) is 109 Å². The lowest BCUT2D eigenvalue weighted by Gasteiger charge is -2.20. The van der Waals surface area contributed by atoms with Gasteiger partial charge in [-0.1, -0.05) is 103 Å². The third-order valence-electron chi connectivity index (χ3n) is 5.37. The van der Waals surface area contributed by atoms with Crippen molar-refractivity contribution >= 4 is 0 Å². The van der Waals surface area contributed by atoms with E-state index in [9.17, 15) is 0 Å². The predicted octanol–water partition coefficient (Wildman–Crippen LogP) is 6.84. The smallest absolute Gasteiger partial charge is 0.145 e. The van der Waals surface area contributed by atoms with Crippen molar-refractivity contribution in [2.24, 2.45) is 0 Å². The Morgan fingerprint density at radius 2 is 1.00 bits per heavy atom. The van der Waals surface area contributed by atoms with E-state index < -0.39 is 0 Å². The largest absolute Gasteiger partial charge is 0.486 e. The highest BCUT2D eigenvalue weighted by Gasteiger charge is 2.13. The van der Waals surface area contributed by atoms with E-state index in [1.807, 2.05) is 48.5 Å². The summed E-state index contributed by atoms with van der Waals surface area (Å²) in [5.74, 6) is 0.808. The molecule has 0 saturated carbocycles. The molecule has 0 fully saturated rings. The van der Waals surface area contributed by atoms with E-state index in [1.165, 1.54) is 16.7 Å². The third-order valence-corrected chi connectivity index (χ3v) is 5.37. The molecule has 168 valence electrons. The Kier molecular flexibility index (Phi) is 8.29. The zero-order valence-corrected chi connectivity index (χ0v) is 19.0. The summed E-state index contributed by atoms with van der Waals surface area (Å²) >= 11 is 0.